The first-order chi connectivity index (χ1) is 15.9. The maximum absolute atomic E-state index is 12.6. The Morgan fingerprint density at radius 1 is 1.06 bits per heavy atom. The van der Waals surface area contributed by atoms with E-state index in [1.165, 1.54) is 0 Å². The Morgan fingerprint density at radius 3 is 2.61 bits per heavy atom. The second kappa shape index (κ2) is 8.05. The van der Waals surface area contributed by atoms with E-state index in [2.05, 4.69) is 25.8 Å². The van der Waals surface area contributed by atoms with E-state index in [1.54, 1.807) is 46.7 Å². The molecule has 0 unspecified atom stereocenters. The lowest BCUT2D eigenvalue weighted by Crippen LogP contribution is -2.16. The number of fused-ring (bicyclic) bond motifs is 1. The van der Waals surface area contributed by atoms with E-state index in [-0.39, 0.29) is 23.7 Å². The van der Waals surface area contributed by atoms with Gasteiger partial charge in [0.25, 0.3) is 5.91 Å². The number of carbonyl (C=O) groups is 2. The van der Waals surface area contributed by atoms with Crippen molar-refractivity contribution >= 4 is 29.1 Å². The summed E-state index contributed by atoms with van der Waals surface area (Å²) in [6.45, 7) is 3.76. The minimum Gasteiger partial charge on any atom is -0.455 e. The van der Waals surface area contributed by atoms with Crippen molar-refractivity contribution in [3.05, 3.63) is 59.5 Å². The number of carbonyl (C=O) groups excluding carboxylic acids is 2. The molecule has 1 aliphatic carbocycles. The number of nitrogens with zero attached hydrogens (tertiary/aromatic N) is 5. The first-order valence-electron chi connectivity index (χ1n) is 10.6. The molecule has 1 aliphatic rings. The van der Waals surface area contributed by atoms with E-state index >= 15 is 0 Å². The molecule has 0 bridgehead atoms. The smallest absolute Gasteiger partial charge is 0.273 e. The van der Waals surface area contributed by atoms with Crippen molar-refractivity contribution in [2.45, 2.75) is 26.7 Å². The van der Waals surface area contributed by atoms with Crippen LogP contribution in [-0.2, 0) is 11.8 Å². The highest BCUT2D eigenvalue weighted by atomic mass is 16.5. The second-order valence-corrected chi connectivity index (χ2v) is 8.20. The van der Waals surface area contributed by atoms with Crippen LogP contribution in [-0.4, -0.2) is 36.2 Å². The number of pyridine rings is 1. The second-order valence-electron chi connectivity index (χ2n) is 8.20. The van der Waals surface area contributed by atoms with Crippen LogP contribution in [0.1, 0.15) is 34.6 Å². The lowest BCUT2D eigenvalue weighted by atomic mass is 10.2. The molecule has 3 heterocycles. The van der Waals surface area contributed by atoms with Gasteiger partial charge in [0.1, 0.15) is 17.2 Å². The number of hydrogen-bond acceptors (Lipinski definition) is 6. The van der Waals surface area contributed by atoms with Gasteiger partial charge in [-0.15, -0.1) is 5.10 Å². The van der Waals surface area contributed by atoms with Crippen molar-refractivity contribution in [3.63, 3.8) is 0 Å². The summed E-state index contributed by atoms with van der Waals surface area (Å²) in [7, 11) is 1.73. The third-order valence-corrected chi connectivity index (χ3v) is 5.40. The van der Waals surface area contributed by atoms with E-state index in [0.29, 0.717) is 28.5 Å². The predicted octanol–water partition coefficient (Wildman–Crippen LogP) is 3.47. The van der Waals surface area contributed by atoms with Gasteiger partial charge >= 0.3 is 0 Å². The Labute approximate surface area is 189 Å². The van der Waals surface area contributed by atoms with Crippen LogP contribution in [0.3, 0.4) is 0 Å². The molecule has 168 valence electrons. The molecule has 2 amide bonds. The van der Waals surface area contributed by atoms with Crippen LogP contribution in [0, 0.1) is 19.8 Å². The quantitative estimate of drug-likeness (QED) is 0.470. The van der Waals surface area contributed by atoms with Crippen LogP contribution in [0.4, 0.5) is 11.6 Å². The summed E-state index contributed by atoms with van der Waals surface area (Å²) >= 11 is 0. The molecular weight excluding hydrogens is 422 g/mol. The monoisotopic (exact) mass is 445 g/mol. The molecule has 1 aromatic carbocycles. The van der Waals surface area contributed by atoms with Crippen LogP contribution in [0.15, 0.2) is 42.6 Å². The SMILES string of the molecule is Cc1cc(C(=O)Nc2ccc(C)c(Oc3ccc4nc(NC(=O)C5CC5)nn4c3)c2)n(C)n1. The molecule has 10 nitrogen and oxygen atoms in total. The molecule has 4 aromatic rings. The molecule has 1 saturated carbocycles. The average molecular weight is 445 g/mol. The molecule has 0 spiro atoms. The third kappa shape index (κ3) is 4.40. The first-order valence-corrected chi connectivity index (χ1v) is 10.6. The van der Waals surface area contributed by atoms with Crippen LogP contribution in [0.2, 0.25) is 0 Å². The van der Waals surface area contributed by atoms with Crippen LogP contribution < -0.4 is 15.4 Å². The topological polar surface area (TPSA) is 115 Å². The van der Waals surface area contributed by atoms with E-state index < -0.39 is 0 Å². The maximum atomic E-state index is 12.6. The summed E-state index contributed by atoms with van der Waals surface area (Å²) in [5.74, 6) is 1.19. The Kier molecular flexibility index (Phi) is 5.04. The van der Waals surface area contributed by atoms with E-state index in [9.17, 15) is 9.59 Å². The lowest BCUT2D eigenvalue weighted by Gasteiger charge is -2.12. The maximum Gasteiger partial charge on any atom is 0.273 e. The zero-order valence-electron chi connectivity index (χ0n) is 18.5. The number of aromatic nitrogens is 5. The number of nitrogens with one attached hydrogen (secondary N) is 2. The number of amides is 2. The van der Waals surface area contributed by atoms with Gasteiger partial charge in [0.2, 0.25) is 11.9 Å². The first kappa shape index (κ1) is 20.7. The van der Waals surface area contributed by atoms with Gasteiger partial charge in [-0.2, -0.15) is 10.1 Å². The summed E-state index contributed by atoms with van der Waals surface area (Å²) < 4.78 is 9.17. The molecule has 10 heteroatoms. The van der Waals surface area contributed by atoms with Gasteiger partial charge in [-0.1, -0.05) is 6.07 Å². The number of aryl methyl sites for hydroxylation is 3. The molecule has 0 aliphatic heterocycles. The number of rotatable bonds is 6. The minimum atomic E-state index is -0.252. The lowest BCUT2D eigenvalue weighted by molar-refractivity contribution is -0.117. The fraction of sp³-hybridized carbons (Fsp3) is 0.261. The van der Waals surface area contributed by atoms with E-state index in [4.69, 9.17) is 4.74 Å². The predicted molar refractivity (Wildman–Crippen MR) is 121 cm³/mol. The van der Waals surface area contributed by atoms with E-state index in [0.717, 1.165) is 24.1 Å². The van der Waals surface area contributed by atoms with Crippen molar-refractivity contribution in [3.8, 4) is 11.5 Å². The average Bonchev–Trinajstić information content (AvgIpc) is 3.46. The van der Waals surface area contributed by atoms with Crippen LogP contribution >= 0.6 is 0 Å². The van der Waals surface area contributed by atoms with Gasteiger partial charge in [0.15, 0.2) is 5.65 Å². The van der Waals surface area contributed by atoms with Crippen LogP contribution in [0.25, 0.3) is 5.65 Å². The summed E-state index contributed by atoms with van der Waals surface area (Å²) in [4.78, 5) is 28.9. The molecule has 2 N–H and O–H groups in total. The van der Waals surface area contributed by atoms with Crippen LogP contribution in [0.5, 0.6) is 11.5 Å². The Bertz CT molecular complexity index is 1380. The minimum absolute atomic E-state index is 0.0434. The molecular formula is C23H23N7O3. The molecule has 3 aromatic heterocycles. The largest absolute Gasteiger partial charge is 0.455 e. The van der Waals surface area contributed by atoms with Crippen molar-refractivity contribution in [1.29, 1.82) is 0 Å². The van der Waals surface area contributed by atoms with Crippen molar-refractivity contribution in [2.75, 3.05) is 10.6 Å². The number of benzene rings is 1. The summed E-state index contributed by atoms with van der Waals surface area (Å²) in [6, 6.07) is 10.7. The van der Waals surface area contributed by atoms with Gasteiger partial charge in [0, 0.05) is 24.7 Å². The zero-order chi connectivity index (χ0) is 23.1. The fourth-order valence-electron chi connectivity index (χ4n) is 3.47. The summed E-state index contributed by atoms with van der Waals surface area (Å²) in [5, 5.41) is 14.2. The van der Waals surface area contributed by atoms with Gasteiger partial charge in [-0.05, 0) is 56.5 Å². The highest BCUT2D eigenvalue weighted by molar-refractivity contribution is 6.03. The van der Waals surface area contributed by atoms with Crippen molar-refractivity contribution in [2.24, 2.45) is 13.0 Å². The Morgan fingerprint density at radius 2 is 1.88 bits per heavy atom. The highest BCUT2D eigenvalue weighted by Gasteiger charge is 2.30. The fourth-order valence-corrected chi connectivity index (χ4v) is 3.47. The third-order valence-electron chi connectivity index (χ3n) is 5.40. The van der Waals surface area contributed by atoms with Gasteiger partial charge in [-0.25, -0.2) is 4.52 Å². The Balaban J connectivity index is 1.33. The van der Waals surface area contributed by atoms with Gasteiger partial charge in [0.05, 0.1) is 11.9 Å². The standard InChI is InChI=1S/C23H23N7O3/c1-13-4-7-16(24-22(32)18-10-14(2)27-29(18)3)11-19(13)33-17-8-9-20-25-23(28-30(20)12-17)26-21(31)15-5-6-15/h4,7-12,15H,5-6H2,1-3H3,(H,24,32)(H,26,28,31). The summed E-state index contributed by atoms with van der Waals surface area (Å²) in [6.07, 6.45) is 3.52. The number of hydrogen-bond donors (Lipinski definition) is 2. The van der Waals surface area contributed by atoms with E-state index in [1.807, 2.05) is 26.0 Å². The van der Waals surface area contributed by atoms with Crippen molar-refractivity contribution in [1.82, 2.24) is 24.4 Å². The van der Waals surface area contributed by atoms with Crippen molar-refractivity contribution < 1.29 is 14.3 Å². The Hall–Kier alpha value is -4.21. The van der Waals surface area contributed by atoms with Gasteiger partial charge < -0.3 is 10.1 Å². The molecule has 0 saturated heterocycles. The normalized spacial score (nSPS) is 13.2. The molecule has 1 fully saturated rings. The number of ether oxygens (including phenoxy) is 1. The molecule has 5 rings (SSSR count). The molecule has 0 radical (unpaired) electrons. The summed E-state index contributed by atoms with van der Waals surface area (Å²) in [5.41, 5.74) is 3.34. The zero-order valence-corrected chi connectivity index (χ0v) is 18.5. The van der Waals surface area contributed by atoms with Gasteiger partial charge in [-0.3, -0.25) is 19.6 Å². The number of anilines is 2. The molecule has 0 atom stereocenters. The highest BCUT2D eigenvalue weighted by Crippen LogP contribution is 2.30. The molecule has 33 heavy (non-hydrogen) atoms.